The highest BCUT2D eigenvalue weighted by molar-refractivity contribution is 5.92. The summed E-state index contributed by atoms with van der Waals surface area (Å²) in [7, 11) is 0. The Hall–Kier alpha value is -5.31. The quantitative estimate of drug-likeness (QED) is 0.247. The molecule has 2 aromatic carbocycles. The maximum Gasteiger partial charge on any atom is 0.245 e. The van der Waals surface area contributed by atoms with Crippen LogP contribution in [0.1, 0.15) is 56.5 Å². The van der Waals surface area contributed by atoms with E-state index in [1.54, 1.807) is 36.1 Å². The number of aromatic nitrogens is 3. The number of carbonyl (C=O) groups is 5. The lowest BCUT2D eigenvalue weighted by atomic mass is 10.0. The van der Waals surface area contributed by atoms with Crippen LogP contribution in [0.25, 0.3) is 11.4 Å². The zero-order valence-corrected chi connectivity index (χ0v) is 28.1. The number of hydrogen-bond acceptors (Lipinski definition) is 9. The molecule has 1 saturated heterocycles. The minimum atomic E-state index is -1.37. The van der Waals surface area contributed by atoms with Crippen LogP contribution in [-0.4, -0.2) is 99.2 Å². The Kier molecular flexibility index (Phi) is 12.5. The van der Waals surface area contributed by atoms with E-state index < -0.39 is 42.5 Å². The minimum absolute atomic E-state index is 0.00587. The average molecular weight is 689 g/mol. The van der Waals surface area contributed by atoms with Crippen molar-refractivity contribution in [2.45, 2.75) is 70.1 Å². The number of benzene rings is 2. The number of aliphatic hydroxyl groups is 1. The predicted octanol–water partition coefficient (Wildman–Crippen LogP) is 0.628. The van der Waals surface area contributed by atoms with E-state index in [1.807, 2.05) is 30.3 Å². The lowest BCUT2D eigenvalue weighted by Gasteiger charge is -2.24. The van der Waals surface area contributed by atoms with E-state index in [0.29, 0.717) is 35.7 Å². The molecule has 3 aliphatic heterocycles. The monoisotopic (exact) mass is 688 g/mol. The fourth-order valence-corrected chi connectivity index (χ4v) is 5.84. The first kappa shape index (κ1) is 36.0. The molecule has 0 spiro atoms. The van der Waals surface area contributed by atoms with Crippen LogP contribution in [0.15, 0.2) is 54.6 Å². The van der Waals surface area contributed by atoms with Crippen LogP contribution < -0.4 is 26.0 Å². The maximum absolute atomic E-state index is 13.7. The molecule has 1 fully saturated rings. The number of likely N-dealkylation sites (tertiary alicyclic amines) is 1. The number of aliphatic hydroxyl groups excluding tert-OH is 1. The Labute approximate surface area is 290 Å². The van der Waals surface area contributed by atoms with Crippen LogP contribution in [0.4, 0.5) is 0 Å². The fourth-order valence-electron chi connectivity index (χ4n) is 5.84. The molecule has 0 radical (unpaired) electrons. The van der Waals surface area contributed by atoms with Gasteiger partial charge in [-0.05, 0) is 37.5 Å². The third-order valence-electron chi connectivity index (χ3n) is 8.58. The molecule has 266 valence electrons. The summed E-state index contributed by atoms with van der Waals surface area (Å²) in [4.78, 5) is 71.8. The van der Waals surface area contributed by atoms with Gasteiger partial charge in [-0.25, -0.2) is 9.67 Å². The highest BCUT2D eigenvalue weighted by Gasteiger charge is 2.29. The molecule has 0 aliphatic carbocycles. The highest BCUT2D eigenvalue weighted by Crippen LogP contribution is 2.20. The summed E-state index contributed by atoms with van der Waals surface area (Å²) in [6, 6.07) is 12.9. The fraction of sp³-hybridized carbons (Fsp3) is 0.457. The Morgan fingerprint density at radius 3 is 2.54 bits per heavy atom. The molecule has 3 atom stereocenters. The van der Waals surface area contributed by atoms with Gasteiger partial charge in [-0.1, -0.05) is 48.9 Å². The van der Waals surface area contributed by atoms with E-state index in [9.17, 15) is 29.1 Å². The van der Waals surface area contributed by atoms with Gasteiger partial charge in [-0.3, -0.25) is 24.0 Å². The first-order chi connectivity index (χ1) is 24.2. The zero-order valence-electron chi connectivity index (χ0n) is 28.1. The molecular weight excluding hydrogens is 644 g/mol. The topological polar surface area (TPSA) is 197 Å². The zero-order chi connectivity index (χ0) is 35.5. The largest absolute Gasteiger partial charge is 0.492 e. The summed E-state index contributed by atoms with van der Waals surface area (Å²) in [5.74, 6) is -0.942. The summed E-state index contributed by atoms with van der Waals surface area (Å²) >= 11 is 0. The number of ether oxygens (including phenoxy) is 1. The van der Waals surface area contributed by atoms with Crippen molar-refractivity contribution in [3.8, 4) is 17.1 Å². The van der Waals surface area contributed by atoms with Crippen molar-refractivity contribution in [3.63, 3.8) is 0 Å². The van der Waals surface area contributed by atoms with E-state index in [4.69, 9.17) is 4.74 Å². The number of amides is 5. The number of hydrogen-bond donors (Lipinski definition) is 5. The van der Waals surface area contributed by atoms with E-state index >= 15 is 0 Å². The average Bonchev–Trinajstić information content (AvgIpc) is 3.42. The van der Waals surface area contributed by atoms with Crippen molar-refractivity contribution < 1.29 is 33.8 Å². The van der Waals surface area contributed by atoms with Gasteiger partial charge in [-0.15, -0.1) is 0 Å². The lowest BCUT2D eigenvalue weighted by Crippen LogP contribution is -2.56. The van der Waals surface area contributed by atoms with Crippen LogP contribution >= 0.6 is 0 Å². The van der Waals surface area contributed by atoms with Crippen LogP contribution in [0.2, 0.25) is 0 Å². The second kappa shape index (κ2) is 17.4. The highest BCUT2D eigenvalue weighted by atomic mass is 16.5. The molecule has 3 aromatic rings. The van der Waals surface area contributed by atoms with Crippen LogP contribution in [-0.2, 0) is 36.9 Å². The molecule has 1 aromatic heterocycles. The number of nitrogens with zero attached hydrogens (tertiary/aromatic N) is 4. The molecule has 0 unspecified atom stereocenters. The van der Waals surface area contributed by atoms with Gasteiger partial charge >= 0.3 is 0 Å². The van der Waals surface area contributed by atoms with Gasteiger partial charge in [-0.2, -0.15) is 5.10 Å². The van der Waals surface area contributed by atoms with Crippen molar-refractivity contribution >= 4 is 29.5 Å². The summed E-state index contributed by atoms with van der Waals surface area (Å²) in [5.41, 5.74) is 1.42. The number of carbonyl (C=O) groups excluding carboxylic acids is 5. The van der Waals surface area contributed by atoms with Gasteiger partial charge in [0, 0.05) is 37.9 Å². The van der Waals surface area contributed by atoms with Gasteiger partial charge in [0.05, 0.1) is 19.2 Å². The Balaban J connectivity index is 1.36. The van der Waals surface area contributed by atoms with E-state index in [0.717, 1.165) is 19.3 Å². The van der Waals surface area contributed by atoms with Crippen molar-refractivity contribution in [2.75, 3.05) is 32.8 Å². The third-order valence-corrected chi connectivity index (χ3v) is 8.58. The third kappa shape index (κ3) is 9.87. The molecular formula is C35H44N8O7. The molecule has 6 rings (SSSR count). The Bertz CT molecular complexity index is 1650. The van der Waals surface area contributed by atoms with Gasteiger partial charge in [0.1, 0.15) is 36.8 Å². The van der Waals surface area contributed by atoms with E-state index in [2.05, 4.69) is 31.3 Å². The van der Waals surface area contributed by atoms with Crippen LogP contribution in [0, 0.1) is 0 Å². The molecule has 3 aliphatic rings. The van der Waals surface area contributed by atoms with Gasteiger partial charge in [0.2, 0.25) is 29.5 Å². The van der Waals surface area contributed by atoms with E-state index in [1.165, 1.54) is 4.68 Å². The van der Waals surface area contributed by atoms with Crippen LogP contribution in [0.3, 0.4) is 0 Å². The second-order valence-electron chi connectivity index (χ2n) is 12.4. The SMILES string of the molecule is C[C@@H]1NC(=O)[C@H](CO)NC(=O)[C@@H](NC(=O)CCN2CCCCCC2=O)Cc2ccc(cc2)OCCNC(=O)Cn2nc(-c3ccccc3)nc21. The van der Waals surface area contributed by atoms with Gasteiger partial charge in [0.15, 0.2) is 5.82 Å². The standard InChI is InChI=1S/C35H44N8O7/c1-23-33-40-32(25-8-4-2-5-9-25)41-43(33)21-30(46)36-16-19-50-26-13-11-24(12-14-26)20-27(34(48)39-28(22-44)35(49)37-23)38-29(45)15-18-42-17-7-3-6-10-31(42)47/h2,4-5,8-9,11-14,23,27-28,44H,3,6-7,10,15-22H2,1H3,(H,36,46)(H,37,49)(H,38,45)(H,39,48)/t23-,27-,28-/m0/s1. The van der Waals surface area contributed by atoms with Crippen molar-refractivity contribution in [3.05, 3.63) is 66.0 Å². The van der Waals surface area contributed by atoms with Crippen LogP contribution in [0.5, 0.6) is 5.75 Å². The van der Waals surface area contributed by atoms with Gasteiger partial charge < -0.3 is 36.0 Å². The smallest absolute Gasteiger partial charge is 0.245 e. The summed E-state index contributed by atoms with van der Waals surface area (Å²) in [5, 5.41) is 25.6. The van der Waals surface area contributed by atoms with Crippen molar-refractivity contribution in [2.24, 2.45) is 0 Å². The normalized spacial score (nSPS) is 21.2. The predicted molar refractivity (Wildman–Crippen MR) is 181 cm³/mol. The summed E-state index contributed by atoms with van der Waals surface area (Å²) in [6.45, 7) is 1.99. The number of fused-ring (bicyclic) bond motifs is 14. The molecule has 5 N–H and O–H groups in total. The Morgan fingerprint density at radius 1 is 1.00 bits per heavy atom. The Morgan fingerprint density at radius 2 is 1.78 bits per heavy atom. The van der Waals surface area contributed by atoms with Crippen molar-refractivity contribution in [1.29, 1.82) is 0 Å². The summed E-state index contributed by atoms with van der Waals surface area (Å²) in [6.07, 6.45) is 3.21. The molecule has 0 saturated carbocycles. The first-order valence-electron chi connectivity index (χ1n) is 17.0. The van der Waals surface area contributed by atoms with E-state index in [-0.39, 0.29) is 56.7 Å². The second-order valence-corrected chi connectivity index (χ2v) is 12.4. The molecule has 15 nitrogen and oxygen atoms in total. The lowest BCUT2D eigenvalue weighted by molar-refractivity contribution is -0.133. The summed E-state index contributed by atoms with van der Waals surface area (Å²) < 4.78 is 7.19. The first-order valence-corrected chi connectivity index (χ1v) is 17.0. The molecule has 5 amide bonds. The molecule has 15 heteroatoms. The molecule has 4 heterocycles. The number of rotatable bonds is 6. The number of nitrogens with one attached hydrogen (secondary N) is 4. The minimum Gasteiger partial charge on any atom is -0.492 e. The van der Waals surface area contributed by atoms with Crippen molar-refractivity contribution in [1.82, 2.24) is 40.9 Å². The maximum atomic E-state index is 13.7. The van der Waals surface area contributed by atoms with Gasteiger partial charge in [0.25, 0.3) is 0 Å². The molecule has 2 bridgehead atoms. The molecule has 50 heavy (non-hydrogen) atoms.